The van der Waals surface area contributed by atoms with Crippen LogP contribution in [0.5, 0.6) is 5.75 Å². The van der Waals surface area contributed by atoms with Crippen LogP contribution < -0.4 is 16.0 Å². The van der Waals surface area contributed by atoms with Crippen LogP contribution in [0.25, 0.3) is 0 Å². The number of nitrogens with zero attached hydrogens (tertiary/aromatic N) is 2. The third-order valence-electron chi connectivity index (χ3n) is 2.76. The first-order chi connectivity index (χ1) is 9.70. The predicted molar refractivity (Wildman–Crippen MR) is 75.1 cm³/mol. The fourth-order valence-electron chi connectivity index (χ4n) is 1.69. The number of hydrogen-bond donors (Lipinski definition) is 2. The summed E-state index contributed by atoms with van der Waals surface area (Å²) in [7, 11) is 0. The number of rotatable bonds is 5. The molecular weight excluding hydrogens is 258 g/mol. The molecule has 6 nitrogen and oxygen atoms in total. The topological polar surface area (TPSA) is 89.8 Å². The summed E-state index contributed by atoms with van der Waals surface area (Å²) in [4.78, 5) is 11.5. The highest BCUT2D eigenvalue weighted by Crippen LogP contribution is 2.11. The number of amidine groups is 1. The molecule has 0 aliphatic rings. The van der Waals surface area contributed by atoms with Gasteiger partial charge in [0.2, 0.25) is 0 Å². The zero-order valence-electron chi connectivity index (χ0n) is 10.8. The molecule has 3 N–H and O–H groups in total. The van der Waals surface area contributed by atoms with Crippen molar-refractivity contribution >= 4 is 5.84 Å². The number of pyridine rings is 1. The minimum atomic E-state index is -0.0571. The van der Waals surface area contributed by atoms with E-state index in [0.29, 0.717) is 24.5 Å². The molecule has 104 valence electrons. The number of ether oxygens (including phenoxy) is 1. The minimum Gasteiger partial charge on any atom is -0.492 e. The molecule has 1 aromatic carbocycles. The maximum atomic E-state index is 11.5. The van der Waals surface area contributed by atoms with E-state index in [0.717, 1.165) is 0 Å². The normalized spacial score (nSPS) is 11.3. The van der Waals surface area contributed by atoms with Gasteiger partial charge in [0.05, 0.1) is 6.54 Å². The van der Waals surface area contributed by atoms with Crippen molar-refractivity contribution < 1.29 is 9.94 Å². The van der Waals surface area contributed by atoms with E-state index in [9.17, 15) is 4.79 Å². The Bertz CT molecular complexity index is 647. The molecule has 0 unspecified atom stereocenters. The Balaban J connectivity index is 1.92. The largest absolute Gasteiger partial charge is 0.492 e. The van der Waals surface area contributed by atoms with E-state index >= 15 is 0 Å². The standard InChI is InChI=1S/C14H15N3O3/c15-14(16-19)11-4-6-12(7-5-11)20-10-9-17-8-2-1-3-13(17)18/h1-8,19H,9-10H2,(H2,15,16). The van der Waals surface area contributed by atoms with E-state index in [1.807, 2.05) is 0 Å². The van der Waals surface area contributed by atoms with Crippen molar-refractivity contribution in [1.29, 1.82) is 0 Å². The molecule has 6 heteroatoms. The van der Waals surface area contributed by atoms with E-state index in [1.165, 1.54) is 6.07 Å². The maximum absolute atomic E-state index is 11.5. The summed E-state index contributed by atoms with van der Waals surface area (Å²) in [5, 5.41) is 11.5. The first-order valence-electron chi connectivity index (χ1n) is 6.07. The molecular formula is C14H15N3O3. The van der Waals surface area contributed by atoms with Crippen molar-refractivity contribution in [2.75, 3.05) is 6.61 Å². The molecule has 0 aliphatic carbocycles. The summed E-state index contributed by atoms with van der Waals surface area (Å²) in [5.41, 5.74) is 6.01. The summed E-state index contributed by atoms with van der Waals surface area (Å²) in [6.45, 7) is 0.856. The first-order valence-corrected chi connectivity index (χ1v) is 6.07. The highest BCUT2D eigenvalue weighted by atomic mass is 16.5. The number of benzene rings is 1. The fourth-order valence-corrected chi connectivity index (χ4v) is 1.69. The Labute approximate surface area is 115 Å². The van der Waals surface area contributed by atoms with Crippen molar-refractivity contribution in [3.8, 4) is 5.75 Å². The maximum Gasteiger partial charge on any atom is 0.250 e. The lowest BCUT2D eigenvalue weighted by atomic mass is 10.2. The van der Waals surface area contributed by atoms with E-state index in [4.69, 9.17) is 15.7 Å². The van der Waals surface area contributed by atoms with Crippen LogP contribution in [0.1, 0.15) is 5.56 Å². The van der Waals surface area contributed by atoms with E-state index in [2.05, 4.69) is 5.16 Å². The van der Waals surface area contributed by atoms with Gasteiger partial charge in [-0.3, -0.25) is 4.79 Å². The quantitative estimate of drug-likeness (QED) is 0.368. The molecule has 1 aromatic heterocycles. The number of nitrogens with two attached hydrogens (primary N) is 1. The van der Waals surface area contributed by atoms with Crippen molar-refractivity contribution in [1.82, 2.24) is 4.57 Å². The second-order valence-electron chi connectivity index (χ2n) is 4.09. The monoisotopic (exact) mass is 273 g/mol. The highest BCUT2D eigenvalue weighted by Gasteiger charge is 2.00. The van der Waals surface area contributed by atoms with Crippen molar-refractivity contribution in [2.45, 2.75) is 6.54 Å². The zero-order valence-corrected chi connectivity index (χ0v) is 10.8. The number of hydrogen-bond acceptors (Lipinski definition) is 4. The molecule has 0 radical (unpaired) electrons. The fraction of sp³-hybridized carbons (Fsp3) is 0.143. The Morgan fingerprint density at radius 3 is 2.65 bits per heavy atom. The molecule has 2 rings (SSSR count). The van der Waals surface area contributed by atoms with E-state index in [-0.39, 0.29) is 11.4 Å². The summed E-state index contributed by atoms with van der Waals surface area (Å²) in [6.07, 6.45) is 1.72. The molecule has 0 amide bonds. The van der Waals surface area contributed by atoms with Gasteiger partial charge in [-0.2, -0.15) is 0 Å². The molecule has 0 aliphatic heterocycles. The lowest BCUT2D eigenvalue weighted by Gasteiger charge is -2.08. The average molecular weight is 273 g/mol. The second kappa shape index (κ2) is 6.42. The Hall–Kier alpha value is -2.76. The lowest BCUT2D eigenvalue weighted by molar-refractivity contribution is 0.296. The van der Waals surface area contributed by atoms with Crippen LogP contribution in [-0.4, -0.2) is 22.2 Å². The van der Waals surface area contributed by atoms with Gasteiger partial charge in [0.25, 0.3) is 5.56 Å². The van der Waals surface area contributed by atoms with Crippen LogP contribution in [0, 0.1) is 0 Å². The van der Waals surface area contributed by atoms with Crippen molar-refractivity contribution in [2.24, 2.45) is 10.9 Å². The van der Waals surface area contributed by atoms with Gasteiger partial charge in [-0.25, -0.2) is 0 Å². The lowest BCUT2D eigenvalue weighted by Crippen LogP contribution is -2.21. The summed E-state index contributed by atoms with van der Waals surface area (Å²) in [5.74, 6) is 0.704. The number of aromatic nitrogens is 1. The Morgan fingerprint density at radius 2 is 2.00 bits per heavy atom. The Morgan fingerprint density at radius 1 is 1.25 bits per heavy atom. The summed E-state index contributed by atoms with van der Waals surface area (Å²) < 4.78 is 7.10. The third kappa shape index (κ3) is 3.38. The van der Waals surface area contributed by atoms with Crippen molar-refractivity contribution in [3.05, 3.63) is 64.6 Å². The third-order valence-corrected chi connectivity index (χ3v) is 2.76. The van der Waals surface area contributed by atoms with Crippen molar-refractivity contribution in [3.63, 3.8) is 0 Å². The summed E-state index contributed by atoms with van der Waals surface area (Å²) >= 11 is 0. The molecule has 20 heavy (non-hydrogen) atoms. The molecule has 0 fully saturated rings. The zero-order chi connectivity index (χ0) is 14.4. The summed E-state index contributed by atoms with van der Waals surface area (Å²) in [6, 6.07) is 11.8. The van der Waals surface area contributed by atoms with Crippen LogP contribution >= 0.6 is 0 Å². The molecule has 0 atom stereocenters. The molecule has 0 spiro atoms. The number of oxime groups is 1. The smallest absolute Gasteiger partial charge is 0.250 e. The van der Waals surface area contributed by atoms with E-state index < -0.39 is 0 Å². The molecule has 1 heterocycles. The van der Waals surface area contributed by atoms with Gasteiger partial charge < -0.3 is 20.2 Å². The second-order valence-corrected chi connectivity index (χ2v) is 4.09. The molecule has 0 saturated carbocycles. The Kier molecular flexibility index (Phi) is 4.39. The van der Waals surface area contributed by atoms with Gasteiger partial charge in [-0.1, -0.05) is 11.2 Å². The van der Waals surface area contributed by atoms with Gasteiger partial charge in [-0.15, -0.1) is 0 Å². The predicted octanol–water partition coefficient (Wildman–Crippen LogP) is 1.02. The van der Waals surface area contributed by atoms with Crippen LogP contribution in [0.3, 0.4) is 0 Å². The van der Waals surface area contributed by atoms with Crippen LogP contribution in [0.2, 0.25) is 0 Å². The minimum absolute atomic E-state index is 0.0485. The average Bonchev–Trinajstić information content (AvgIpc) is 2.49. The van der Waals surface area contributed by atoms with Crippen LogP contribution in [0.4, 0.5) is 0 Å². The van der Waals surface area contributed by atoms with Gasteiger partial charge in [-0.05, 0) is 30.3 Å². The van der Waals surface area contributed by atoms with Crippen LogP contribution in [-0.2, 0) is 6.54 Å². The molecule has 2 aromatic rings. The van der Waals surface area contributed by atoms with Gasteiger partial charge in [0.1, 0.15) is 12.4 Å². The molecule has 0 bridgehead atoms. The van der Waals surface area contributed by atoms with Crippen LogP contribution in [0.15, 0.2) is 58.6 Å². The van der Waals surface area contributed by atoms with Gasteiger partial charge in [0.15, 0.2) is 5.84 Å². The molecule has 0 saturated heterocycles. The SMILES string of the molecule is N/C(=N/O)c1ccc(OCCn2ccccc2=O)cc1. The van der Waals surface area contributed by atoms with Gasteiger partial charge in [0, 0.05) is 17.8 Å². The van der Waals surface area contributed by atoms with E-state index in [1.54, 1.807) is 47.2 Å². The first kappa shape index (κ1) is 13.7. The van der Waals surface area contributed by atoms with Gasteiger partial charge >= 0.3 is 0 Å². The highest BCUT2D eigenvalue weighted by molar-refractivity contribution is 5.97.